The first-order valence-corrected chi connectivity index (χ1v) is 10.5. The van der Waals surface area contributed by atoms with Gasteiger partial charge < -0.3 is 10.2 Å². The van der Waals surface area contributed by atoms with E-state index in [0.29, 0.717) is 35.7 Å². The number of aromatic nitrogens is 1. The molecule has 3 rings (SSSR count). The molecule has 144 valence electrons. The van der Waals surface area contributed by atoms with Crippen molar-refractivity contribution in [3.8, 4) is 0 Å². The molecular formula is C19H24N4O3S. The van der Waals surface area contributed by atoms with E-state index in [2.05, 4.69) is 10.3 Å². The molecule has 0 saturated carbocycles. The van der Waals surface area contributed by atoms with Gasteiger partial charge in [0, 0.05) is 32.5 Å². The van der Waals surface area contributed by atoms with E-state index < -0.39 is 10.0 Å². The largest absolute Gasteiger partial charge is 0.362 e. The SMILES string of the molecule is Cc1cc(NC(=O)c2cccnc2N(C)C)ccc1N1CCCCS1(=O)=O. The monoisotopic (exact) mass is 388 g/mol. The minimum absolute atomic E-state index is 0.180. The Labute approximate surface area is 160 Å². The van der Waals surface area contributed by atoms with E-state index in [1.807, 2.05) is 21.0 Å². The Kier molecular flexibility index (Phi) is 5.36. The van der Waals surface area contributed by atoms with Crippen molar-refractivity contribution in [2.24, 2.45) is 0 Å². The van der Waals surface area contributed by atoms with Gasteiger partial charge in [-0.1, -0.05) is 0 Å². The zero-order valence-electron chi connectivity index (χ0n) is 15.8. The predicted molar refractivity (Wildman–Crippen MR) is 108 cm³/mol. The third-order valence-electron chi connectivity index (χ3n) is 4.53. The van der Waals surface area contributed by atoms with Crippen molar-refractivity contribution in [1.29, 1.82) is 0 Å². The second-order valence-corrected chi connectivity index (χ2v) is 8.83. The van der Waals surface area contributed by atoms with Gasteiger partial charge in [0.2, 0.25) is 10.0 Å². The van der Waals surface area contributed by atoms with Crippen LogP contribution in [0.4, 0.5) is 17.2 Å². The number of amides is 1. The van der Waals surface area contributed by atoms with Gasteiger partial charge in [0.25, 0.3) is 5.91 Å². The molecule has 1 fully saturated rings. The smallest absolute Gasteiger partial charge is 0.259 e. The number of rotatable bonds is 4. The van der Waals surface area contributed by atoms with Crippen LogP contribution in [0.3, 0.4) is 0 Å². The zero-order chi connectivity index (χ0) is 19.6. The van der Waals surface area contributed by atoms with Gasteiger partial charge >= 0.3 is 0 Å². The van der Waals surface area contributed by atoms with Crippen LogP contribution in [-0.2, 0) is 10.0 Å². The van der Waals surface area contributed by atoms with Crippen LogP contribution in [0.5, 0.6) is 0 Å². The van der Waals surface area contributed by atoms with Crippen molar-refractivity contribution >= 4 is 33.1 Å². The van der Waals surface area contributed by atoms with Crippen LogP contribution in [0, 0.1) is 6.92 Å². The van der Waals surface area contributed by atoms with Gasteiger partial charge in [-0.25, -0.2) is 13.4 Å². The zero-order valence-corrected chi connectivity index (χ0v) is 16.6. The van der Waals surface area contributed by atoms with Crippen LogP contribution < -0.4 is 14.5 Å². The fraction of sp³-hybridized carbons (Fsp3) is 0.368. The summed E-state index contributed by atoms with van der Waals surface area (Å²) in [6, 6.07) is 8.72. The molecule has 0 spiro atoms. The Hall–Kier alpha value is -2.61. The maximum atomic E-state index is 12.7. The number of nitrogens with one attached hydrogen (secondary N) is 1. The average Bonchev–Trinajstić information content (AvgIpc) is 2.62. The Morgan fingerprint density at radius 3 is 2.67 bits per heavy atom. The lowest BCUT2D eigenvalue weighted by Gasteiger charge is -2.29. The summed E-state index contributed by atoms with van der Waals surface area (Å²) in [5.74, 6) is 0.506. The number of pyridine rings is 1. The number of hydrogen-bond donors (Lipinski definition) is 1. The number of sulfonamides is 1. The van der Waals surface area contributed by atoms with Gasteiger partial charge in [-0.05, 0) is 55.7 Å². The van der Waals surface area contributed by atoms with E-state index in [9.17, 15) is 13.2 Å². The van der Waals surface area contributed by atoms with Crippen LogP contribution >= 0.6 is 0 Å². The number of benzene rings is 1. The third-order valence-corrected chi connectivity index (χ3v) is 6.38. The summed E-state index contributed by atoms with van der Waals surface area (Å²) in [6.45, 7) is 2.35. The molecule has 1 N–H and O–H groups in total. The molecule has 0 unspecified atom stereocenters. The predicted octanol–water partition coefficient (Wildman–Crippen LogP) is 2.64. The van der Waals surface area contributed by atoms with Crippen LogP contribution in [0.15, 0.2) is 36.5 Å². The fourth-order valence-corrected chi connectivity index (χ4v) is 4.90. The number of aryl methyl sites for hydroxylation is 1. The second kappa shape index (κ2) is 7.56. The summed E-state index contributed by atoms with van der Waals surface area (Å²) in [5, 5.41) is 2.87. The van der Waals surface area contributed by atoms with Gasteiger partial charge in [0.1, 0.15) is 5.82 Å². The summed E-state index contributed by atoms with van der Waals surface area (Å²) in [5.41, 5.74) is 2.56. The number of anilines is 3. The highest BCUT2D eigenvalue weighted by atomic mass is 32.2. The number of hydrogen-bond acceptors (Lipinski definition) is 5. The molecule has 1 aromatic carbocycles. The molecule has 2 heterocycles. The Balaban J connectivity index is 1.84. The van der Waals surface area contributed by atoms with Crippen molar-refractivity contribution in [2.75, 3.05) is 40.9 Å². The van der Waals surface area contributed by atoms with Crippen LogP contribution in [0.25, 0.3) is 0 Å². The molecule has 0 aliphatic carbocycles. The fourth-order valence-electron chi connectivity index (χ4n) is 3.20. The third kappa shape index (κ3) is 4.05. The quantitative estimate of drug-likeness (QED) is 0.871. The summed E-state index contributed by atoms with van der Waals surface area (Å²) in [7, 11) is 0.400. The van der Waals surface area contributed by atoms with E-state index in [-0.39, 0.29) is 11.7 Å². The highest BCUT2D eigenvalue weighted by Gasteiger charge is 2.27. The molecule has 0 atom stereocenters. The molecule has 1 aliphatic rings. The van der Waals surface area contributed by atoms with E-state index in [4.69, 9.17) is 0 Å². The summed E-state index contributed by atoms with van der Waals surface area (Å²) < 4.78 is 26.1. The summed E-state index contributed by atoms with van der Waals surface area (Å²) in [4.78, 5) is 18.7. The standard InChI is InChI=1S/C19H24N4O3S/c1-14-13-15(8-9-17(14)23-11-4-5-12-27(23,25)26)21-19(24)16-7-6-10-20-18(16)22(2)3/h6-10,13H,4-5,11-12H2,1-3H3,(H,21,24). The normalized spacial score (nSPS) is 16.0. The molecule has 0 bridgehead atoms. The lowest BCUT2D eigenvalue weighted by atomic mass is 10.1. The van der Waals surface area contributed by atoms with Gasteiger partial charge in [-0.15, -0.1) is 0 Å². The van der Waals surface area contributed by atoms with Gasteiger partial charge in [0.15, 0.2) is 0 Å². The van der Waals surface area contributed by atoms with Gasteiger partial charge in [-0.3, -0.25) is 9.10 Å². The number of carbonyl (C=O) groups is 1. The van der Waals surface area contributed by atoms with Crippen molar-refractivity contribution in [3.63, 3.8) is 0 Å². The topological polar surface area (TPSA) is 82.6 Å². The molecule has 0 radical (unpaired) electrons. The molecular weight excluding hydrogens is 364 g/mol. The van der Waals surface area contributed by atoms with Crippen molar-refractivity contribution in [1.82, 2.24) is 4.98 Å². The first kappa shape index (κ1) is 19.2. The molecule has 1 saturated heterocycles. The van der Waals surface area contributed by atoms with Crippen LogP contribution in [0.2, 0.25) is 0 Å². The minimum atomic E-state index is -3.26. The molecule has 1 aromatic heterocycles. The lowest BCUT2D eigenvalue weighted by molar-refractivity contribution is 0.102. The van der Waals surface area contributed by atoms with Crippen LogP contribution in [-0.4, -0.2) is 45.7 Å². The Morgan fingerprint density at radius 2 is 2.00 bits per heavy atom. The molecule has 1 amide bonds. The van der Waals surface area contributed by atoms with E-state index >= 15 is 0 Å². The van der Waals surface area contributed by atoms with Crippen molar-refractivity contribution in [2.45, 2.75) is 19.8 Å². The maximum absolute atomic E-state index is 12.7. The van der Waals surface area contributed by atoms with Gasteiger partial charge in [-0.2, -0.15) is 0 Å². The van der Waals surface area contributed by atoms with Crippen molar-refractivity contribution < 1.29 is 13.2 Å². The average molecular weight is 388 g/mol. The second-order valence-electron chi connectivity index (χ2n) is 6.82. The molecule has 27 heavy (non-hydrogen) atoms. The lowest BCUT2D eigenvalue weighted by Crippen LogP contribution is -2.38. The van der Waals surface area contributed by atoms with Crippen molar-refractivity contribution in [3.05, 3.63) is 47.7 Å². The van der Waals surface area contributed by atoms with E-state index in [1.54, 1.807) is 41.4 Å². The first-order chi connectivity index (χ1) is 12.8. The first-order valence-electron chi connectivity index (χ1n) is 8.84. The van der Waals surface area contributed by atoms with Gasteiger partial charge in [0.05, 0.1) is 17.0 Å². The van der Waals surface area contributed by atoms with E-state index in [0.717, 1.165) is 12.0 Å². The maximum Gasteiger partial charge on any atom is 0.259 e. The minimum Gasteiger partial charge on any atom is -0.362 e. The summed E-state index contributed by atoms with van der Waals surface area (Å²) >= 11 is 0. The molecule has 7 nitrogen and oxygen atoms in total. The Morgan fingerprint density at radius 1 is 1.22 bits per heavy atom. The highest BCUT2D eigenvalue weighted by Crippen LogP contribution is 2.29. The molecule has 2 aromatic rings. The highest BCUT2D eigenvalue weighted by molar-refractivity contribution is 7.92. The van der Waals surface area contributed by atoms with Crippen LogP contribution in [0.1, 0.15) is 28.8 Å². The number of nitrogens with zero attached hydrogens (tertiary/aromatic N) is 3. The Bertz CT molecular complexity index is 957. The van der Waals surface area contributed by atoms with E-state index in [1.165, 1.54) is 4.31 Å². The molecule has 1 aliphatic heterocycles. The molecule has 8 heteroatoms. The summed E-state index contributed by atoms with van der Waals surface area (Å²) in [6.07, 6.45) is 3.20. The number of carbonyl (C=O) groups excluding carboxylic acids is 1.